The number of carbonyl (C=O) groups excluding carboxylic acids is 1. The van der Waals surface area contributed by atoms with E-state index in [2.05, 4.69) is 34.3 Å². The van der Waals surface area contributed by atoms with Crippen LogP contribution in [0.25, 0.3) is 10.9 Å². The van der Waals surface area contributed by atoms with Gasteiger partial charge in [-0.1, -0.05) is 55.1 Å². The third-order valence-electron chi connectivity index (χ3n) is 3.57. The van der Waals surface area contributed by atoms with E-state index in [4.69, 9.17) is 0 Å². The van der Waals surface area contributed by atoms with Crippen molar-refractivity contribution in [1.82, 2.24) is 15.2 Å². The monoisotopic (exact) mass is 360 g/mol. The van der Waals surface area contributed by atoms with Crippen molar-refractivity contribution in [2.75, 3.05) is 11.9 Å². The van der Waals surface area contributed by atoms with Crippen LogP contribution in [-0.2, 0) is 0 Å². The number of nitrogens with zero attached hydrogens (tertiary/aromatic N) is 2. The molecule has 3 aromatic rings. The number of para-hydroxylation sites is 1. The number of aromatic amines is 1. The predicted molar refractivity (Wildman–Crippen MR) is 101 cm³/mol. The van der Waals surface area contributed by atoms with E-state index in [9.17, 15) is 4.79 Å². The van der Waals surface area contributed by atoms with Crippen LogP contribution in [0.2, 0.25) is 0 Å². The molecule has 24 heavy (non-hydrogen) atoms. The number of nitrogens with one attached hydrogen (secondary N) is 2. The zero-order valence-electron chi connectivity index (χ0n) is 13.9. The molecule has 7 heteroatoms. The number of rotatable bonds is 7. The van der Waals surface area contributed by atoms with Gasteiger partial charge in [-0.3, -0.25) is 4.79 Å². The van der Waals surface area contributed by atoms with Gasteiger partial charge in [0.15, 0.2) is 10.1 Å². The molecule has 2 heterocycles. The van der Waals surface area contributed by atoms with Crippen molar-refractivity contribution < 1.29 is 4.79 Å². The van der Waals surface area contributed by atoms with Gasteiger partial charge in [0.1, 0.15) is 0 Å². The minimum Gasteiger partial charge on any atom is -0.360 e. The molecule has 3 rings (SSSR count). The summed E-state index contributed by atoms with van der Waals surface area (Å²) in [7, 11) is 0. The molecule has 0 aliphatic carbocycles. The maximum Gasteiger partial charge on any atom is 0.206 e. The molecule has 0 spiro atoms. The third-order valence-corrected chi connectivity index (χ3v) is 5.63. The molecule has 126 valence electrons. The lowest BCUT2D eigenvalue weighted by Gasteiger charge is -2.07. The summed E-state index contributed by atoms with van der Waals surface area (Å²) in [5, 5.41) is 13.1. The van der Waals surface area contributed by atoms with Crippen molar-refractivity contribution in [1.29, 1.82) is 0 Å². The van der Waals surface area contributed by atoms with Gasteiger partial charge in [-0.2, -0.15) is 0 Å². The Morgan fingerprint density at radius 3 is 2.88 bits per heavy atom. The van der Waals surface area contributed by atoms with E-state index in [1.807, 2.05) is 31.2 Å². The van der Waals surface area contributed by atoms with Crippen LogP contribution in [0.1, 0.15) is 31.1 Å². The number of hydrogen-bond acceptors (Lipinski definition) is 6. The highest BCUT2D eigenvalue weighted by Gasteiger charge is 2.21. The molecule has 1 atom stereocenters. The van der Waals surface area contributed by atoms with Crippen LogP contribution in [0.3, 0.4) is 0 Å². The van der Waals surface area contributed by atoms with E-state index < -0.39 is 0 Å². The van der Waals surface area contributed by atoms with Gasteiger partial charge in [0.05, 0.1) is 5.25 Å². The fourth-order valence-corrected chi connectivity index (χ4v) is 4.29. The number of fused-ring (bicyclic) bond motifs is 1. The highest BCUT2D eigenvalue weighted by Crippen LogP contribution is 2.31. The average molecular weight is 361 g/mol. The Balaban J connectivity index is 1.68. The Morgan fingerprint density at radius 1 is 1.29 bits per heavy atom. The Hall–Kier alpha value is -1.86. The fraction of sp³-hybridized carbons (Fsp3) is 0.353. The molecule has 0 aliphatic heterocycles. The van der Waals surface area contributed by atoms with Crippen LogP contribution in [0.15, 0.2) is 34.8 Å². The zero-order chi connectivity index (χ0) is 17.1. The first-order chi connectivity index (χ1) is 11.5. The highest BCUT2D eigenvalue weighted by molar-refractivity contribution is 8.02. The fourth-order valence-electron chi connectivity index (χ4n) is 2.32. The molecule has 2 aromatic heterocycles. The first-order valence-corrected chi connectivity index (χ1v) is 9.58. The van der Waals surface area contributed by atoms with Crippen LogP contribution in [0, 0.1) is 5.92 Å². The molecule has 1 aromatic carbocycles. The predicted octanol–water partition coefficient (Wildman–Crippen LogP) is 4.45. The molecular weight excluding hydrogens is 340 g/mol. The third kappa shape index (κ3) is 3.79. The van der Waals surface area contributed by atoms with Gasteiger partial charge in [-0.15, -0.1) is 10.2 Å². The van der Waals surface area contributed by atoms with E-state index in [-0.39, 0.29) is 11.0 Å². The van der Waals surface area contributed by atoms with Gasteiger partial charge in [0.25, 0.3) is 0 Å². The van der Waals surface area contributed by atoms with Crippen molar-refractivity contribution in [2.45, 2.75) is 30.4 Å². The van der Waals surface area contributed by atoms with Crippen molar-refractivity contribution in [3.05, 3.63) is 36.0 Å². The minimum absolute atomic E-state index is 0.101. The number of Topliss-reactive ketones (excluding diaryl/α,β-unsaturated/α-hetero) is 1. The standard InChI is InChI=1S/C17H20N4OS2/c1-10(2)8-19-16-20-21-17(24-16)23-11(3)15(22)13-9-18-14-7-5-4-6-12(13)14/h4-7,9-11,18H,8H2,1-3H3,(H,19,20)/t11-/m1/s1. The molecule has 5 nitrogen and oxygen atoms in total. The summed E-state index contributed by atoms with van der Waals surface area (Å²) in [4.78, 5) is 15.9. The topological polar surface area (TPSA) is 70.7 Å². The summed E-state index contributed by atoms with van der Waals surface area (Å²) in [6, 6.07) is 7.84. The van der Waals surface area contributed by atoms with Crippen LogP contribution in [-0.4, -0.2) is 32.8 Å². The molecule has 0 unspecified atom stereocenters. The minimum atomic E-state index is -0.213. The lowest BCUT2D eigenvalue weighted by atomic mass is 10.1. The Morgan fingerprint density at radius 2 is 2.08 bits per heavy atom. The van der Waals surface area contributed by atoms with Crippen LogP contribution >= 0.6 is 23.1 Å². The first-order valence-electron chi connectivity index (χ1n) is 7.89. The molecular formula is C17H20N4OS2. The van der Waals surface area contributed by atoms with Crippen molar-refractivity contribution in [3.8, 4) is 0 Å². The molecule has 0 fully saturated rings. The molecule has 0 aliphatic rings. The SMILES string of the molecule is CC(C)CNc1nnc(S[C@H](C)C(=O)c2c[nH]c3ccccc23)s1. The Labute approximate surface area is 149 Å². The second-order valence-electron chi connectivity index (χ2n) is 6.02. The van der Waals surface area contributed by atoms with Gasteiger partial charge in [-0.25, -0.2) is 0 Å². The maximum absolute atomic E-state index is 12.7. The second-order valence-corrected chi connectivity index (χ2v) is 8.59. The molecule has 0 amide bonds. The number of carbonyl (C=O) groups is 1. The number of benzene rings is 1. The number of thioether (sulfide) groups is 1. The van der Waals surface area contributed by atoms with E-state index >= 15 is 0 Å². The summed E-state index contributed by atoms with van der Waals surface area (Å²) in [5.41, 5.74) is 1.71. The van der Waals surface area contributed by atoms with Gasteiger partial charge in [0, 0.05) is 29.2 Å². The van der Waals surface area contributed by atoms with Gasteiger partial charge in [-0.05, 0) is 18.9 Å². The summed E-state index contributed by atoms with van der Waals surface area (Å²) < 4.78 is 0.807. The Kier molecular flexibility index (Phi) is 5.20. The number of ketones is 1. The molecule has 0 saturated carbocycles. The van der Waals surface area contributed by atoms with Gasteiger partial charge < -0.3 is 10.3 Å². The van der Waals surface area contributed by atoms with Crippen molar-refractivity contribution in [2.24, 2.45) is 5.92 Å². The van der Waals surface area contributed by atoms with E-state index in [1.165, 1.54) is 23.1 Å². The summed E-state index contributed by atoms with van der Waals surface area (Å²) in [5.74, 6) is 0.650. The molecule has 0 radical (unpaired) electrons. The number of anilines is 1. The molecule has 2 N–H and O–H groups in total. The van der Waals surface area contributed by atoms with Crippen molar-refractivity contribution in [3.63, 3.8) is 0 Å². The van der Waals surface area contributed by atoms with Crippen molar-refractivity contribution >= 4 is 44.9 Å². The maximum atomic E-state index is 12.7. The van der Waals surface area contributed by atoms with E-state index in [0.29, 0.717) is 5.92 Å². The van der Waals surface area contributed by atoms with E-state index in [1.54, 1.807) is 6.20 Å². The summed E-state index contributed by atoms with van der Waals surface area (Å²) >= 11 is 2.95. The smallest absolute Gasteiger partial charge is 0.206 e. The normalized spacial score (nSPS) is 12.7. The average Bonchev–Trinajstić information content (AvgIpc) is 3.18. The Bertz CT molecular complexity index is 840. The van der Waals surface area contributed by atoms with Crippen LogP contribution < -0.4 is 5.32 Å². The number of aromatic nitrogens is 3. The largest absolute Gasteiger partial charge is 0.360 e. The summed E-state index contributed by atoms with van der Waals surface area (Å²) in [6.07, 6.45) is 1.79. The van der Waals surface area contributed by atoms with Crippen LogP contribution in [0.4, 0.5) is 5.13 Å². The number of H-pyrrole nitrogens is 1. The lowest BCUT2D eigenvalue weighted by Crippen LogP contribution is -2.12. The highest BCUT2D eigenvalue weighted by atomic mass is 32.2. The molecule has 0 bridgehead atoms. The lowest BCUT2D eigenvalue weighted by molar-refractivity contribution is 0.0995. The summed E-state index contributed by atoms with van der Waals surface area (Å²) in [6.45, 7) is 7.07. The second kappa shape index (κ2) is 7.36. The van der Waals surface area contributed by atoms with Gasteiger partial charge >= 0.3 is 0 Å². The van der Waals surface area contributed by atoms with E-state index in [0.717, 1.165) is 32.5 Å². The quantitative estimate of drug-likeness (QED) is 0.481. The zero-order valence-corrected chi connectivity index (χ0v) is 15.5. The van der Waals surface area contributed by atoms with Crippen LogP contribution in [0.5, 0.6) is 0 Å². The van der Waals surface area contributed by atoms with Gasteiger partial charge in [0.2, 0.25) is 5.13 Å². The number of hydrogen-bond donors (Lipinski definition) is 2. The molecule has 0 saturated heterocycles. The first kappa shape index (κ1) is 17.0.